The third-order valence-electron chi connectivity index (χ3n) is 7.65. The molecule has 0 aromatic heterocycles. The number of benzene rings is 5. The van der Waals surface area contributed by atoms with Gasteiger partial charge >= 0.3 is 0 Å². The van der Waals surface area contributed by atoms with Crippen molar-refractivity contribution in [1.82, 2.24) is 0 Å². The summed E-state index contributed by atoms with van der Waals surface area (Å²) in [4.78, 5) is 2.53. The lowest BCUT2D eigenvalue weighted by atomic mass is 9.86. The fourth-order valence-electron chi connectivity index (χ4n) is 5.27. The highest BCUT2D eigenvalue weighted by Gasteiger charge is 2.21. The maximum atomic E-state index is 6.62. The van der Waals surface area contributed by atoms with Crippen molar-refractivity contribution in [3.8, 4) is 5.75 Å². The normalized spacial score (nSPS) is 11.6. The van der Waals surface area contributed by atoms with Crippen LogP contribution in [0.5, 0.6) is 5.75 Å². The Morgan fingerprint density at radius 2 is 1.17 bits per heavy atom. The molecular weight excluding hydrogens is 529 g/mol. The van der Waals surface area contributed by atoms with Crippen molar-refractivity contribution in [2.75, 3.05) is 4.90 Å². The van der Waals surface area contributed by atoms with E-state index >= 15 is 0 Å². The second kappa shape index (κ2) is 13.4. The minimum atomic E-state index is 0.0448. The third kappa shape index (κ3) is 7.50. The summed E-state index contributed by atoms with van der Waals surface area (Å²) in [5, 5.41) is 2.64. The number of aryl methyl sites for hydroxylation is 2. The molecule has 214 valence electrons. The first-order valence-electron chi connectivity index (χ1n) is 14.8. The van der Waals surface area contributed by atoms with Crippen LogP contribution in [-0.2, 0) is 25.1 Å². The second-order valence-electron chi connectivity index (χ2n) is 12.1. The van der Waals surface area contributed by atoms with E-state index in [-0.39, 0.29) is 5.41 Å². The van der Waals surface area contributed by atoms with E-state index in [4.69, 9.17) is 4.74 Å². The molecule has 0 bridgehead atoms. The first kappa shape index (κ1) is 29.6. The summed E-state index contributed by atoms with van der Waals surface area (Å²) in [6, 6.07) is 43.5. The van der Waals surface area contributed by atoms with Crippen LogP contribution in [0.25, 0.3) is 0 Å². The SMILES string of the molecule is Cc1cc(C(C)(C)C)cc(Pc2c(C)cccc2N(Cc2ccccc2)Cc2ccccc2)c1OCc1ccccc1. The molecule has 0 fully saturated rings. The molecule has 0 aliphatic rings. The molecule has 5 aromatic carbocycles. The molecule has 0 saturated heterocycles. The molecule has 5 rings (SSSR count). The van der Waals surface area contributed by atoms with E-state index in [9.17, 15) is 0 Å². The zero-order valence-corrected chi connectivity index (χ0v) is 26.5. The summed E-state index contributed by atoms with van der Waals surface area (Å²) in [6.45, 7) is 13.6. The van der Waals surface area contributed by atoms with E-state index in [1.54, 1.807) is 0 Å². The van der Waals surface area contributed by atoms with Crippen LogP contribution in [0.2, 0.25) is 0 Å². The number of anilines is 1. The lowest BCUT2D eigenvalue weighted by Crippen LogP contribution is -2.28. The molecule has 0 radical (unpaired) electrons. The highest BCUT2D eigenvalue weighted by atomic mass is 31.1. The largest absolute Gasteiger partial charge is 0.488 e. The molecule has 0 N–H and O–H groups in total. The van der Waals surface area contributed by atoms with Crippen LogP contribution in [0.15, 0.2) is 121 Å². The molecule has 0 aliphatic carbocycles. The zero-order valence-electron chi connectivity index (χ0n) is 25.5. The fraction of sp³-hybridized carbons (Fsp3) is 0.231. The fourth-order valence-corrected chi connectivity index (χ4v) is 6.80. The molecule has 0 aliphatic heterocycles. The molecule has 2 nitrogen and oxygen atoms in total. The highest BCUT2D eigenvalue weighted by Crippen LogP contribution is 2.34. The zero-order chi connectivity index (χ0) is 29.5. The van der Waals surface area contributed by atoms with Gasteiger partial charge < -0.3 is 9.64 Å². The van der Waals surface area contributed by atoms with E-state index in [1.165, 1.54) is 49.7 Å². The van der Waals surface area contributed by atoms with Crippen LogP contribution < -0.4 is 20.2 Å². The Labute approximate surface area is 254 Å². The van der Waals surface area contributed by atoms with Gasteiger partial charge in [0.25, 0.3) is 0 Å². The quantitative estimate of drug-likeness (QED) is 0.155. The molecule has 3 heteroatoms. The van der Waals surface area contributed by atoms with Crippen molar-refractivity contribution in [1.29, 1.82) is 0 Å². The van der Waals surface area contributed by atoms with E-state index in [0.717, 1.165) is 18.8 Å². The average molecular weight is 572 g/mol. The summed E-state index contributed by atoms with van der Waals surface area (Å²) >= 11 is 0. The van der Waals surface area contributed by atoms with Gasteiger partial charge in [0.15, 0.2) is 0 Å². The molecule has 1 atom stereocenters. The summed E-state index contributed by atoms with van der Waals surface area (Å²) in [5.74, 6) is 1.01. The number of rotatable bonds is 10. The summed E-state index contributed by atoms with van der Waals surface area (Å²) in [6.07, 6.45) is 0. The van der Waals surface area contributed by atoms with Gasteiger partial charge in [0.1, 0.15) is 12.4 Å². The molecule has 42 heavy (non-hydrogen) atoms. The van der Waals surface area contributed by atoms with Crippen LogP contribution in [-0.4, -0.2) is 0 Å². The molecule has 0 saturated carbocycles. The maximum absolute atomic E-state index is 6.62. The Balaban J connectivity index is 1.57. The number of ether oxygens (including phenoxy) is 1. The van der Waals surface area contributed by atoms with Gasteiger partial charge in [-0.3, -0.25) is 0 Å². The average Bonchev–Trinajstić information content (AvgIpc) is 2.98. The van der Waals surface area contributed by atoms with Gasteiger partial charge in [-0.05, 0) is 64.8 Å². The van der Waals surface area contributed by atoms with Gasteiger partial charge in [-0.15, -0.1) is 0 Å². The minimum Gasteiger partial charge on any atom is -0.488 e. The Bertz CT molecular complexity index is 1550. The lowest BCUT2D eigenvalue weighted by Gasteiger charge is -2.29. The van der Waals surface area contributed by atoms with Crippen LogP contribution >= 0.6 is 8.58 Å². The maximum Gasteiger partial charge on any atom is 0.130 e. The third-order valence-corrected chi connectivity index (χ3v) is 9.19. The van der Waals surface area contributed by atoms with Gasteiger partial charge in [-0.2, -0.15) is 0 Å². The monoisotopic (exact) mass is 571 g/mol. The van der Waals surface area contributed by atoms with Crippen molar-refractivity contribution in [3.63, 3.8) is 0 Å². The van der Waals surface area contributed by atoms with Gasteiger partial charge in [0.2, 0.25) is 0 Å². The van der Waals surface area contributed by atoms with E-state index in [0.29, 0.717) is 15.2 Å². The Hall–Kier alpha value is -3.87. The van der Waals surface area contributed by atoms with Crippen LogP contribution in [0.3, 0.4) is 0 Å². The smallest absolute Gasteiger partial charge is 0.130 e. The molecule has 0 heterocycles. The topological polar surface area (TPSA) is 12.5 Å². The second-order valence-corrected chi connectivity index (χ2v) is 13.4. The molecule has 0 spiro atoms. The van der Waals surface area contributed by atoms with Gasteiger partial charge in [-0.25, -0.2) is 0 Å². The van der Waals surface area contributed by atoms with E-state index in [2.05, 4.69) is 161 Å². The lowest BCUT2D eigenvalue weighted by molar-refractivity contribution is 0.306. The molecular formula is C39H42NOP. The number of nitrogens with zero attached hydrogens (tertiary/aromatic N) is 1. The van der Waals surface area contributed by atoms with Crippen molar-refractivity contribution in [2.24, 2.45) is 0 Å². The number of hydrogen-bond acceptors (Lipinski definition) is 2. The first-order chi connectivity index (χ1) is 20.3. The Kier molecular flexibility index (Phi) is 9.45. The summed E-state index contributed by atoms with van der Waals surface area (Å²) in [7, 11) is 0.460. The number of hydrogen-bond donors (Lipinski definition) is 0. The Morgan fingerprint density at radius 3 is 1.71 bits per heavy atom. The van der Waals surface area contributed by atoms with Crippen molar-refractivity contribution < 1.29 is 4.74 Å². The predicted molar refractivity (Wildman–Crippen MR) is 182 cm³/mol. The summed E-state index contributed by atoms with van der Waals surface area (Å²) in [5.41, 5.74) is 8.97. The molecule has 0 amide bonds. The Morgan fingerprint density at radius 1 is 0.619 bits per heavy atom. The highest BCUT2D eigenvalue weighted by molar-refractivity contribution is 7.56. The van der Waals surface area contributed by atoms with Crippen molar-refractivity contribution in [2.45, 2.75) is 59.7 Å². The van der Waals surface area contributed by atoms with Crippen molar-refractivity contribution in [3.05, 3.63) is 155 Å². The summed E-state index contributed by atoms with van der Waals surface area (Å²) < 4.78 is 6.62. The van der Waals surface area contributed by atoms with Crippen LogP contribution in [0.4, 0.5) is 5.69 Å². The van der Waals surface area contributed by atoms with E-state index < -0.39 is 0 Å². The van der Waals surface area contributed by atoms with Gasteiger partial charge in [-0.1, -0.05) is 139 Å². The predicted octanol–water partition coefficient (Wildman–Crippen LogP) is 9.02. The van der Waals surface area contributed by atoms with Crippen LogP contribution in [0, 0.1) is 13.8 Å². The first-order valence-corrected chi connectivity index (χ1v) is 15.8. The molecule has 5 aromatic rings. The van der Waals surface area contributed by atoms with Crippen LogP contribution in [0.1, 0.15) is 54.2 Å². The molecule has 1 unspecified atom stereocenters. The van der Waals surface area contributed by atoms with Gasteiger partial charge in [0, 0.05) is 29.4 Å². The van der Waals surface area contributed by atoms with Gasteiger partial charge in [0.05, 0.1) is 0 Å². The minimum absolute atomic E-state index is 0.0448. The van der Waals surface area contributed by atoms with Crippen molar-refractivity contribution >= 4 is 24.9 Å². The van der Waals surface area contributed by atoms with E-state index in [1.807, 2.05) is 0 Å². The standard InChI is InChI=1S/C39H42NOP/c1-29-16-15-23-35(40(26-31-17-9-6-10-18-31)27-32-19-11-7-12-20-32)38(29)42-36-25-34(39(3,4)5)24-30(2)37(36)41-28-33-21-13-8-14-22-33/h6-25,42H,26-28H2,1-5H3.